The average Bonchev–Trinajstić information content (AvgIpc) is 3.33. The lowest BCUT2D eigenvalue weighted by Crippen LogP contribution is -1.97. The molecule has 5 rings (SSSR count). The number of ether oxygens (including phenoxy) is 2. The summed E-state index contributed by atoms with van der Waals surface area (Å²) < 4.78 is 11.6. The number of carbonyl (C=O) groups excluding carboxylic acids is 1. The Morgan fingerprint density at radius 2 is 1.87 bits per heavy atom. The summed E-state index contributed by atoms with van der Waals surface area (Å²) in [7, 11) is 0. The van der Waals surface area contributed by atoms with Gasteiger partial charge in [0.05, 0.1) is 10.5 Å². The zero-order valence-electron chi connectivity index (χ0n) is 16.2. The minimum Gasteiger partial charge on any atom is -0.489 e. The van der Waals surface area contributed by atoms with E-state index in [0.717, 1.165) is 22.0 Å². The summed E-state index contributed by atoms with van der Waals surface area (Å²) in [5.74, 6) is 1.06. The van der Waals surface area contributed by atoms with E-state index in [1.807, 2.05) is 30.5 Å². The number of carbonyl (C=O) groups is 1. The smallest absolute Gasteiger partial charge is 0.269 e. The maximum absolute atomic E-state index is 12.7. The molecule has 1 aliphatic rings. The third-order valence-corrected chi connectivity index (χ3v) is 5.10. The van der Waals surface area contributed by atoms with Crippen LogP contribution in [0.5, 0.6) is 11.5 Å². The molecule has 0 atom stereocenters. The molecule has 0 saturated heterocycles. The van der Waals surface area contributed by atoms with Crippen molar-refractivity contribution in [1.29, 1.82) is 0 Å². The number of benzene rings is 3. The third kappa shape index (κ3) is 3.53. The normalized spacial score (nSPS) is 13.9. The molecule has 152 valence electrons. The van der Waals surface area contributed by atoms with E-state index >= 15 is 0 Å². The zero-order chi connectivity index (χ0) is 21.4. The summed E-state index contributed by atoms with van der Waals surface area (Å²) in [6.45, 7) is 0.239. The summed E-state index contributed by atoms with van der Waals surface area (Å²) >= 11 is 0. The van der Waals surface area contributed by atoms with E-state index in [1.54, 1.807) is 36.4 Å². The van der Waals surface area contributed by atoms with Crippen molar-refractivity contribution in [3.63, 3.8) is 0 Å². The molecule has 0 unspecified atom stereocenters. The highest BCUT2D eigenvalue weighted by molar-refractivity contribution is 6.15. The average molecular weight is 412 g/mol. The van der Waals surface area contributed by atoms with Crippen LogP contribution in [0.25, 0.3) is 17.0 Å². The highest BCUT2D eigenvalue weighted by Crippen LogP contribution is 2.35. The van der Waals surface area contributed by atoms with E-state index in [0.29, 0.717) is 17.1 Å². The first-order valence-corrected chi connectivity index (χ1v) is 9.59. The minimum atomic E-state index is -0.444. The van der Waals surface area contributed by atoms with Crippen molar-refractivity contribution < 1.29 is 19.2 Å². The van der Waals surface area contributed by atoms with Crippen molar-refractivity contribution in [2.24, 2.45) is 0 Å². The first-order valence-electron chi connectivity index (χ1n) is 9.59. The molecule has 7 nitrogen and oxygen atoms in total. The number of fused-ring (bicyclic) bond motifs is 2. The Labute approximate surface area is 176 Å². The van der Waals surface area contributed by atoms with Crippen LogP contribution in [0.3, 0.4) is 0 Å². The highest BCUT2D eigenvalue weighted by atomic mass is 16.6. The number of para-hydroxylation sites is 1. The van der Waals surface area contributed by atoms with Crippen LogP contribution >= 0.6 is 0 Å². The van der Waals surface area contributed by atoms with Crippen molar-refractivity contribution >= 4 is 28.4 Å². The molecule has 2 heterocycles. The predicted octanol–water partition coefficient (Wildman–Crippen LogP) is 5.27. The number of H-pyrrole nitrogens is 1. The number of nitro groups is 1. The second-order valence-corrected chi connectivity index (χ2v) is 7.10. The number of aromatic nitrogens is 1. The molecule has 0 spiro atoms. The fraction of sp³-hybridized carbons (Fsp3) is 0.0417. The number of hydrogen-bond donors (Lipinski definition) is 1. The number of hydrogen-bond acceptors (Lipinski definition) is 5. The number of rotatable bonds is 5. The lowest BCUT2D eigenvalue weighted by Gasteiger charge is -2.07. The topological polar surface area (TPSA) is 94.5 Å². The van der Waals surface area contributed by atoms with Crippen molar-refractivity contribution in [3.05, 3.63) is 105 Å². The fourth-order valence-electron chi connectivity index (χ4n) is 3.49. The van der Waals surface area contributed by atoms with Crippen molar-refractivity contribution in [2.45, 2.75) is 6.61 Å². The predicted molar refractivity (Wildman–Crippen MR) is 115 cm³/mol. The lowest BCUT2D eigenvalue weighted by atomic mass is 10.1. The second kappa shape index (κ2) is 7.46. The van der Waals surface area contributed by atoms with Gasteiger partial charge in [-0.25, -0.2) is 0 Å². The first kappa shape index (κ1) is 18.6. The van der Waals surface area contributed by atoms with Crippen molar-refractivity contribution in [2.75, 3.05) is 0 Å². The Balaban J connectivity index is 1.33. The molecule has 0 saturated carbocycles. The van der Waals surface area contributed by atoms with Crippen LogP contribution in [0, 0.1) is 10.1 Å². The van der Waals surface area contributed by atoms with Gasteiger partial charge in [-0.1, -0.05) is 18.2 Å². The monoisotopic (exact) mass is 412 g/mol. The molecule has 31 heavy (non-hydrogen) atoms. The zero-order valence-corrected chi connectivity index (χ0v) is 16.2. The van der Waals surface area contributed by atoms with Gasteiger partial charge in [0.15, 0.2) is 5.76 Å². The van der Waals surface area contributed by atoms with E-state index in [9.17, 15) is 14.9 Å². The van der Waals surface area contributed by atoms with Gasteiger partial charge in [0.25, 0.3) is 5.69 Å². The molecule has 0 aliphatic carbocycles. The molecule has 0 amide bonds. The van der Waals surface area contributed by atoms with Crippen molar-refractivity contribution in [3.8, 4) is 11.5 Å². The Bertz CT molecular complexity index is 1350. The Kier molecular flexibility index (Phi) is 4.48. The van der Waals surface area contributed by atoms with Crippen LogP contribution in [0.15, 0.2) is 78.7 Å². The van der Waals surface area contributed by atoms with Gasteiger partial charge in [-0.2, -0.15) is 0 Å². The summed E-state index contributed by atoms with van der Waals surface area (Å²) in [6, 6.07) is 19.1. The number of nitrogens with one attached hydrogen (secondary N) is 1. The summed E-state index contributed by atoms with van der Waals surface area (Å²) in [4.78, 5) is 26.2. The Morgan fingerprint density at radius 1 is 1.06 bits per heavy atom. The maximum Gasteiger partial charge on any atom is 0.269 e. The summed E-state index contributed by atoms with van der Waals surface area (Å²) in [5, 5.41) is 11.8. The molecule has 7 heteroatoms. The van der Waals surface area contributed by atoms with Crippen LogP contribution in [0.1, 0.15) is 21.5 Å². The van der Waals surface area contributed by atoms with Gasteiger partial charge >= 0.3 is 0 Å². The quantitative estimate of drug-likeness (QED) is 0.274. The molecular weight excluding hydrogens is 396 g/mol. The van der Waals surface area contributed by atoms with Gasteiger partial charge in [-0.15, -0.1) is 0 Å². The Morgan fingerprint density at radius 3 is 2.68 bits per heavy atom. The van der Waals surface area contributed by atoms with Crippen molar-refractivity contribution in [1.82, 2.24) is 4.98 Å². The van der Waals surface area contributed by atoms with Gasteiger partial charge in [-0.3, -0.25) is 14.9 Å². The number of nitro benzene ring substituents is 1. The van der Waals surface area contributed by atoms with Gasteiger partial charge in [0.1, 0.15) is 18.1 Å². The van der Waals surface area contributed by atoms with E-state index in [2.05, 4.69) is 4.98 Å². The molecule has 0 radical (unpaired) electrons. The lowest BCUT2D eigenvalue weighted by molar-refractivity contribution is -0.384. The fourth-order valence-corrected chi connectivity index (χ4v) is 3.49. The van der Waals surface area contributed by atoms with Gasteiger partial charge < -0.3 is 14.5 Å². The van der Waals surface area contributed by atoms with Crippen LogP contribution in [0.4, 0.5) is 5.69 Å². The van der Waals surface area contributed by atoms with E-state index in [4.69, 9.17) is 9.47 Å². The van der Waals surface area contributed by atoms with Gasteiger partial charge in [0, 0.05) is 40.9 Å². The number of aromatic amines is 1. The molecule has 1 aromatic heterocycles. The third-order valence-electron chi connectivity index (χ3n) is 5.10. The largest absolute Gasteiger partial charge is 0.489 e. The van der Waals surface area contributed by atoms with E-state index in [-0.39, 0.29) is 23.8 Å². The molecule has 4 aromatic rings. The Hall–Kier alpha value is -4.39. The molecule has 1 N–H and O–H groups in total. The number of allylic oxidation sites excluding steroid dienone is 1. The van der Waals surface area contributed by atoms with Crippen LogP contribution in [0.2, 0.25) is 0 Å². The summed E-state index contributed by atoms with van der Waals surface area (Å²) in [6.07, 6.45) is 3.58. The van der Waals surface area contributed by atoms with E-state index in [1.165, 1.54) is 12.1 Å². The van der Waals surface area contributed by atoms with Gasteiger partial charge in [-0.05, 0) is 42.0 Å². The van der Waals surface area contributed by atoms with E-state index < -0.39 is 4.92 Å². The standard InChI is InChI=1S/C24H16N2O5/c27-24-20-10-9-18(30-14-15-5-7-17(8-6-15)26(28)29)12-22(20)31-23(24)11-16-13-25-21-4-2-1-3-19(16)21/h1-13,25H,14H2/b23-11-. The molecular formula is C24H16N2O5. The van der Waals surface area contributed by atoms with Crippen LogP contribution in [-0.4, -0.2) is 15.7 Å². The van der Waals surface area contributed by atoms with Gasteiger partial charge in [0.2, 0.25) is 5.78 Å². The second-order valence-electron chi connectivity index (χ2n) is 7.10. The van der Waals surface area contributed by atoms with Crippen LogP contribution < -0.4 is 9.47 Å². The number of ketones is 1. The molecule has 1 aliphatic heterocycles. The molecule has 3 aromatic carbocycles. The number of non-ortho nitro benzene ring substituents is 1. The minimum absolute atomic E-state index is 0.0303. The highest BCUT2D eigenvalue weighted by Gasteiger charge is 2.28. The first-order chi connectivity index (χ1) is 15.1. The number of nitrogens with zero attached hydrogens (tertiary/aromatic N) is 1. The molecule has 0 fully saturated rings. The van der Waals surface area contributed by atoms with Crippen LogP contribution in [-0.2, 0) is 6.61 Å². The number of Topliss-reactive ketones (excluding diaryl/α,β-unsaturated/α-hetero) is 1. The maximum atomic E-state index is 12.7. The summed E-state index contributed by atoms with van der Waals surface area (Å²) in [5.41, 5.74) is 3.17. The SMILES string of the molecule is O=C1/C(=C/c2c[nH]c3ccccc23)Oc2cc(OCc3ccc([N+](=O)[O-])cc3)ccc21. The molecule has 0 bridgehead atoms.